The van der Waals surface area contributed by atoms with Crippen LogP contribution in [0.1, 0.15) is 65.2 Å². The average Bonchev–Trinajstić information content (AvgIpc) is 2.58. The van der Waals surface area contributed by atoms with Crippen molar-refractivity contribution in [3.05, 3.63) is 24.3 Å². The van der Waals surface area contributed by atoms with Gasteiger partial charge >= 0.3 is 6.16 Å². The molecule has 0 saturated carbocycles. The first-order valence-corrected chi connectivity index (χ1v) is 9.04. The second-order valence-electron chi connectivity index (χ2n) is 5.64. The standard InChI is InChI=1S/C13H26O4.C6H6O2/c1-3-5-7-9-11-15-13(14)17-16-12-10-8-6-4-2;7-5-2-1-3-6(8)4-5/h3-12H2,1-2H3;1-4,7-8H. The second-order valence-corrected chi connectivity index (χ2v) is 5.64. The largest absolute Gasteiger partial charge is 0.540 e. The molecule has 0 aliphatic carbocycles. The Balaban J connectivity index is 0.000000593. The zero-order valence-corrected chi connectivity index (χ0v) is 15.4. The summed E-state index contributed by atoms with van der Waals surface area (Å²) in [6.07, 6.45) is 7.98. The van der Waals surface area contributed by atoms with Crippen molar-refractivity contribution in [3.63, 3.8) is 0 Å². The van der Waals surface area contributed by atoms with Crippen LogP contribution in [0.25, 0.3) is 0 Å². The predicted octanol–water partition coefficient (Wildman–Crippen LogP) is 5.33. The number of rotatable bonds is 11. The minimum Gasteiger partial charge on any atom is -0.508 e. The van der Waals surface area contributed by atoms with Gasteiger partial charge in [0.1, 0.15) is 11.5 Å². The molecule has 0 spiro atoms. The predicted molar refractivity (Wildman–Crippen MR) is 96.4 cm³/mol. The summed E-state index contributed by atoms with van der Waals surface area (Å²) in [5.41, 5.74) is 0. The molecule has 25 heavy (non-hydrogen) atoms. The zero-order chi connectivity index (χ0) is 18.8. The Hall–Kier alpha value is -1.95. The van der Waals surface area contributed by atoms with Gasteiger partial charge in [-0.05, 0) is 25.0 Å². The quantitative estimate of drug-likeness (QED) is 0.241. The van der Waals surface area contributed by atoms with Crippen LogP contribution < -0.4 is 0 Å². The van der Waals surface area contributed by atoms with E-state index < -0.39 is 6.16 Å². The highest BCUT2D eigenvalue weighted by atomic mass is 17.2. The van der Waals surface area contributed by atoms with Gasteiger partial charge in [0.05, 0.1) is 13.2 Å². The maximum atomic E-state index is 11.0. The van der Waals surface area contributed by atoms with Crippen LogP contribution in [0.3, 0.4) is 0 Å². The molecule has 6 nitrogen and oxygen atoms in total. The van der Waals surface area contributed by atoms with Gasteiger partial charge in [-0.15, -0.1) is 0 Å². The highest BCUT2D eigenvalue weighted by molar-refractivity contribution is 5.58. The minimum atomic E-state index is -0.725. The number of phenols is 2. The van der Waals surface area contributed by atoms with E-state index in [-0.39, 0.29) is 11.5 Å². The SMILES string of the molecule is CCCCCCOOC(=O)OCCCCCC.Oc1cccc(O)c1. The maximum absolute atomic E-state index is 11.0. The number of carbonyl (C=O) groups excluding carboxylic acids is 1. The molecule has 0 saturated heterocycles. The van der Waals surface area contributed by atoms with Gasteiger partial charge in [-0.1, -0.05) is 58.4 Å². The van der Waals surface area contributed by atoms with E-state index in [9.17, 15) is 4.79 Å². The number of ether oxygens (including phenoxy) is 1. The lowest BCUT2D eigenvalue weighted by atomic mass is 10.2. The zero-order valence-electron chi connectivity index (χ0n) is 15.4. The Bertz CT molecular complexity index is 418. The van der Waals surface area contributed by atoms with Crippen LogP contribution in [-0.2, 0) is 14.5 Å². The smallest absolute Gasteiger partial charge is 0.508 e. The van der Waals surface area contributed by atoms with Gasteiger partial charge in [0, 0.05) is 6.07 Å². The number of aromatic hydroxyl groups is 2. The first-order valence-electron chi connectivity index (χ1n) is 9.04. The third kappa shape index (κ3) is 16.7. The highest BCUT2D eigenvalue weighted by Crippen LogP contribution is 2.14. The molecule has 0 amide bonds. The molecule has 0 heterocycles. The van der Waals surface area contributed by atoms with Crippen LogP contribution in [0.2, 0.25) is 0 Å². The molecule has 0 bridgehead atoms. The Morgan fingerprint density at radius 2 is 1.44 bits per heavy atom. The van der Waals surface area contributed by atoms with E-state index >= 15 is 0 Å². The fraction of sp³-hybridized carbons (Fsp3) is 0.632. The molecule has 0 aliphatic heterocycles. The summed E-state index contributed by atoms with van der Waals surface area (Å²) in [6, 6.07) is 5.85. The Kier molecular flexibility index (Phi) is 15.6. The maximum Gasteiger partial charge on any atom is 0.540 e. The number of benzene rings is 1. The van der Waals surface area contributed by atoms with Gasteiger partial charge in [-0.3, -0.25) is 4.89 Å². The van der Waals surface area contributed by atoms with Crippen molar-refractivity contribution >= 4 is 6.16 Å². The highest BCUT2D eigenvalue weighted by Gasteiger charge is 2.04. The average molecular weight is 356 g/mol. The summed E-state index contributed by atoms with van der Waals surface area (Å²) in [5, 5.41) is 17.3. The van der Waals surface area contributed by atoms with Crippen molar-refractivity contribution in [2.45, 2.75) is 65.2 Å². The summed E-state index contributed by atoms with van der Waals surface area (Å²) < 4.78 is 4.83. The Labute approximate surface area is 150 Å². The number of unbranched alkanes of at least 4 members (excludes halogenated alkanes) is 6. The van der Waals surface area contributed by atoms with Gasteiger partial charge < -0.3 is 14.9 Å². The van der Waals surface area contributed by atoms with Gasteiger partial charge in [0.25, 0.3) is 0 Å². The third-order valence-electron chi connectivity index (χ3n) is 3.26. The van der Waals surface area contributed by atoms with Crippen molar-refractivity contribution in [2.24, 2.45) is 0 Å². The molecule has 0 unspecified atom stereocenters. The van der Waals surface area contributed by atoms with E-state index in [1.807, 2.05) is 0 Å². The van der Waals surface area contributed by atoms with Gasteiger partial charge in [0.15, 0.2) is 0 Å². The first kappa shape index (κ1) is 23.1. The molecule has 0 aliphatic rings. The van der Waals surface area contributed by atoms with E-state index in [0.717, 1.165) is 25.7 Å². The monoisotopic (exact) mass is 356 g/mol. The van der Waals surface area contributed by atoms with Crippen molar-refractivity contribution in [1.82, 2.24) is 0 Å². The van der Waals surface area contributed by atoms with E-state index in [0.29, 0.717) is 13.2 Å². The molecular formula is C19H32O6. The molecule has 1 aromatic carbocycles. The molecule has 6 heteroatoms. The van der Waals surface area contributed by atoms with Crippen LogP contribution in [0.4, 0.5) is 4.79 Å². The molecular weight excluding hydrogens is 324 g/mol. The molecule has 1 rings (SSSR count). The number of phenolic OH excluding ortho intramolecular Hbond substituents is 2. The number of hydrogen-bond donors (Lipinski definition) is 2. The van der Waals surface area contributed by atoms with E-state index in [1.54, 1.807) is 6.07 Å². The van der Waals surface area contributed by atoms with Crippen molar-refractivity contribution in [2.75, 3.05) is 13.2 Å². The topological polar surface area (TPSA) is 85.2 Å². The van der Waals surface area contributed by atoms with Gasteiger partial charge in [0.2, 0.25) is 0 Å². The number of carbonyl (C=O) groups is 1. The second kappa shape index (κ2) is 16.9. The van der Waals surface area contributed by atoms with Gasteiger partial charge in [-0.2, -0.15) is 4.89 Å². The summed E-state index contributed by atoms with van der Waals surface area (Å²) in [5.74, 6) is 0.176. The summed E-state index contributed by atoms with van der Waals surface area (Å²) in [6.45, 7) is 5.15. The Morgan fingerprint density at radius 3 is 1.92 bits per heavy atom. The van der Waals surface area contributed by atoms with Crippen LogP contribution in [0.5, 0.6) is 11.5 Å². The number of hydrogen-bond acceptors (Lipinski definition) is 6. The first-order chi connectivity index (χ1) is 12.1. The molecule has 2 N–H and O–H groups in total. The van der Waals surface area contributed by atoms with Crippen LogP contribution >= 0.6 is 0 Å². The summed E-state index contributed by atoms with van der Waals surface area (Å²) >= 11 is 0. The normalized spacial score (nSPS) is 9.84. The molecule has 0 aromatic heterocycles. The summed E-state index contributed by atoms with van der Waals surface area (Å²) in [7, 11) is 0. The lowest BCUT2D eigenvalue weighted by Gasteiger charge is -2.04. The van der Waals surface area contributed by atoms with Crippen LogP contribution in [0, 0.1) is 0 Å². The molecule has 0 radical (unpaired) electrons. The van der Waals surface area contributed by atoms with Crippen LogP contribution in [0.15, 0.2) is 24.3 Å². The molecule has 1 aromatic rings. The van der Waals surface area contributed by atoms with Gasteiger partial charge in [-0.25, -0.2) is 4.79 Å². The van der Waals surface area contributed by atoms with Crippen LogP contribution in [-0.4, -0.2) is 29.6 Å². The van der Waals surface area contributed by atoms with E-state index in [4.69, 9.17) is 19.8 Å². The molecule has 0 atom stereocenters. The minimum absolute atomic E-state index is 0.0880. The van der Waals surface area contributed by atoms with E-state index in [2.05, 4.69) is 18.7 Å². The Morgan fingerprint density at radius 1 is 0.880 bits per heavy atom. The lowest BCUT2D eigenvalue weighted by Crippen LogP contribution is -2.09. The fourth-order valence-electron chi connectivity index (χ4n) is 1.88. The molecule has 0 fully saturated rings. The van der Waals surface area contributed by atoms with Crippen molar-refractivity contribution in [1.29, 1.82) is 0 Å². The molecule has 144 valence electrons. The third-order valence-corrected chi connectivity index (χ3v) is 3.26. The fourth-order valence-corrected chi connectivity index (χ4v) is 1.88. The summed E-state index contributed by atoms with van der Waals surface area (Å²) in [4.78, 5) is 20.2. The van der Waals surface area contributed by atoms with Crippen molar-refractivity contribution < 1.29 is 29.5 Å². The lowest BCUT2D eigenvalue weighted by molar-refractivity contribution is -0.255. The van der Waals surface area contributed by atoms with E-state index in [1.165, 1.54) is 43.9 Å². The van der Waals surface area contributed by atoms with Crippen molar-refractivity contribution in [3.8, 4) is 11.5 Å².